The summed E-state index contributed by atoms with van der Waals surface area (Å²) >= 11 is 2.51. The lowest BCUT2D eigenvalue weighted by molar-refractivity contribution is -0.112. The van der Waals surface area contributed by atoms with Crippen molar-refractivity contribution in [1.29, 1.82) is 5.26 Å². The zero-order chi connectivity index (χ0) is 24.8. The predicted molar refractivity (Wildman–Crippen MR) is 131 cm³/mol. The van der Waals surface area contributed by atoms with Crippen LogP contribution < -0.4 is 20.3 Å². The van der Waals surface area contributed by atoms with Gasteiger partial charge in [0.1, 0.15) is 28.8 Å². The van der Waals surface area contributed by atoms with Gasteiger partial charge in [0.25, 0.3) is 11.5 Å². The van der Waals surface area contributed by atoms with Gasteiger partial charge in [-0.1, -0.05) is 35.7 Å². The summed E-state index contributed by atoms with van der Waals surface area (Å²) in [5, 5.41) is 24.7. The van der Waals surface area contributed by atoms with Gasteiger partial charge in [-0.25, -0.2) is 4.98 Å². The summed E-state index contributed by atoms with van der Waals surface area (Å²) in [7, 11) is 0. The van der Waals surface area contributed by atoms with E-state index in [0.29, 0.717) is 39.5 Å². The second-order valence-corrected chi connectivity index (χ2v) is 8.80. The van der Waals surface area contributed by atoms with Crippen LogP contribution in [-0.2, 0) is 17.8 Å². The topological polar surface area (TPSA) is 144 Å². The second kappa shape index (κ2) is 10.9. The number of rotatable bonds is 9. The number of carbonyl (C=O) groups is 1. The van der Waals surface area contributed by atoms with Crippen molar-refractivity contribution in [3.05, 3.63) is 62.0 Å². The molecule has 0 spiro atoms. The molecule has 1 aromatic carbocycles. The Bertz CT molecular complexity index is 1490. The molecule has 178 valence electrons. The highest BCUT2D eigenvalue weighted by atomic mass is 32.1. The van der Waals surface area contributed by atoms with E-state index >= 15 is 0 Å². The number of aryl methyl sites for hydroxylation is 1. The molecular formula is C22H19N7O4S2. The van der Waals surface area contributed by atoms with Gasteiger partial charge >= 0.3 is 0 Å². The van der Waals surface area contributed by atoms with E-state index in [1.54, 1.807) is 18.2 Å². The van der Waals surface area contributed by atoms with Gasteiger partial charge in [-0.15, -0.1) is 10.2 Å². The van der Waals surface area contributed by atoms with Gasteiger partial charge in [0.2, 0.25) is 10.1 Å². The first kappa shape index (κ1) is 24.0. The molecule has 0 saturated carbocycles. The normalized spacial score (nSPS) is 11.3. The molecule has 0 aliphatic rings. The van der Waals surface area contributed by atoms with Gasteiger partial charge < -0.3 is 9.47 Å². The Morgan fingerprint density at radius 2 is 2.11 bits per heavy atom. The van der Waals surface area contributed by atoms with Crippen molar-refractivity contribution < 1.29 is 14.3 Å². The third kappa shape index (κ3) is 5.68. The fraction of sp³-hybridized carbons (Fsp3) is 0.227. The molecule has 1 N–H and O–H groups in total. The van der Waals surface area contributed by atoms with E-state index < -0.39 is 5.91 Å². The van der Waals surface area contributed by atoms with Crippen molar-refractivity contribution >= 4 is 44.7 Å². The van der Waals surface area contributed by atoms with E-state index in [1.807, 2.05) is 19.9 Å². The number of nitriles is 1. The molecule has 0 saturated heterocycles. The van der Waals surface area contributed by atoms with E-state index in [9.17, 15) is 14.9 Å². The van der Waals surface area contributed by atoms with Gasteiger partial charge in [0.15, 0.2) is 11.5 Å². The molecule has 1 amide bonds. The Hall–Kier alpha value is -4.15. The zero-order valence-electron chi connectivity index (χ0n) is 18.7. The van der Waals surface area contributed by atoms with E-state index in [0.717, 1.165) is 22.8 Å². The molecule has 3 heterocycles. The van der Waals surface area contributed by atoms with Gasteiger partial charge in [-0.05, 0) is 37.1 Å². The molecule has 11 nitrogen and oxygen atoms in total. The molecule has 13 heteroatoms. The molecule has 0 fully saturated rings. The van der Waals surface area contributed by atoms with Crippen molar-refractivity contribution in [2.24, 2.45) is 0 Å². The van der Waals surface area contributed by atoms with Crippen LogP contribution in [0.1, 0.15) is 30.1 Å². The number of ether oxygens (including phenoxy) is 2. The van der Waals surface area contributed by atoms with E-state index in [-0.39, 0.29) is 17.7 Å². The number of fused-ring (bicyclic) bond motifs is 1. The van der Waals surface area contributed by atoms with Gasteiger partial charge in [0, 0.05) is 6.07 Å². The molecule has 0 aliphatic heterocycles. The highest BCUT2D eigenvalue weighted by Gasteiger charge is 2.14. The second-order valence-electron chi connectivity index (χ2n) is 6.93. The molecule has 35 heavy (non-hydrogen) atoms. The molecule has 0 radical (unpaired) electrons. The number of nitrogens with one attached hydrogen (secondary N) is 1. The molecule has 0 atom stereocenters. The SMILES string of the molecule is CCOc1cc(/C=C(/C#N)C(=O)Nc2nncs2)ccc1OCc1cc(=O)n2nc(CC)sc2n1. The van der Waals surface area contributed by atoms with Crippen LogP contribution in [0.25, 0.3) is 11.0 Å². The highest BCUT2D eigenvalue weighted by molar-refractivity contribution is 7.16. The van der Waals surface area contributed by atoms with E-state index in [4.69, 9.17) is 9.47 Å². The number of hydrogen-bond acceptors (Lipinski definition) is 11. The number of nitrogens with zero attached hydrogens (tertiary/aromatic N) is 6. The lowest BCUT2D eigenvalue weighted by Crippen LogP contribution is -2.16. The molecule has 3 aromatic heterocycles. The Labute approximate surface area is 207 Å². The summed E-state index contributed by atoms with van der Waals surface area (Å²) in [5.74, 6) is 0.262. The van der Waals surface area contributed by atoms with Crippen molar-refractivity contribution in [2.75, 3.05) is 11.9 Å². The maximum Gasteiger partial charge on any atom is 0.275 e. The average molecular weight is 510 g/mol. The number of anilines is 1. The zero-order valence-corrected chi connectivity index (χ0v) is 20.4. The predicted octanol–water partition coefficient (Wildman–Crippen LogP) is 3.09. The van der Waals surface area contributed by atoms with Crippen LogP contribution >= 0.6 is 22.7 Å². The Balaban J connectivity index is 1.53. The smallest absolute Gasteiger partial charge is 0.275 e. The molecule has 0 aliphatic carbocycles. The lowest BCUT2D eigenvalue weighted by Gasteiger charge is -2.12. The van der Waals surface area contributed by atoms with Gasteiger partial charge in [-0.2, -0.15) is 14.9 Å². The standard InChI is InChI=1S/C22H19N7O4S2/c1-3-18-28-29-19(30)9-15(25-22(29)35-18)11-33-16-6-5-13(8-17(16)32-4-2)7-14(10-23)20(31)26-21-27-24-12-34-21/h5-9,12H,3-4,11H2,1-2H3,(H,26,27,31)/b14-7-. The van der Waals surface area contributed by atoms with Gasteiger partial charge in [0.05, 0.1) is 12.3 Å². The summed E-state index contributed by atoms with van der Waals surface area (Å²) < 4.78 is 12.9. The fourth-order valence-electron chi connectivity index (χ4n) is 2.97. The maximum atomic E-state index is 12.4. The fourth-order valence-corrected chi connectivity index (χ4v) is 4.27. The summed E-state index contributed by atoms with van der Waals surface area (Å²) in [6.45, 7) is 4.21. The molecule has 4 aromatic rings. The Kier molecular flexibility index (Phi) is 7.44. The molecule has 4 rings (SSSR count). The Morgan fingerprint density at radius 1 is 1.26 bits per heavy atom. The van der Waals surface area contributed by atoms with Crippen LogP contribution in [0.5, 0.6) is 11.5 Å². The monoisotopic (exact) mass is 509 g/mol. The van der Waals surface area contributed by atoms with Gasteiger partial charge in [-0.3, -0.25) is 14.9 Å². The first-order chi connectivity index (χ1) is 17.0. The first-order valence-corrected chi connectivity index (χ1v) is 12.2. The van der Waals surface area contributed by atoms with Crippen LogP contribution in [0.2, 0.25) is 0 Å². The molecule has 0 unspecified atom stereocenters. The van der Waals surface area contributed by atoms with Crippen LogP contribution in [0.15, 0.2) is 40.1 Å². The number of benzene rings is 1. The lowest BCUT2D eigenvalue weighted by atomic mass is 10.1. The maximum absolute atomic E-state index is 12.4. The van der Waals surface area contributed by atoms with Crippen molar-refractivity contribution in [2.45, 2.75) is 26.9 Å². The summed E-state index contributed by atoms with van der Waals surface area (Å²) in [6.07, 6.45) is 2.16. The molecular weight excluding hydrogens is 490 g/mol. The third-order valence-corrected chi connectivity index (χ3v) is 6.20. The molecule has 0 bridgehead atoms. The summed E-state index contributed by atoms with van der Waals surface area (Å²) in [5.41, 5.74) is 2.13. The first-order valence-electron chi connectivity index (χ1n) is 10.5. The van der Waals surface area contributed by atoms with Crippen LogP contribution in [0.4, 0.5) is 5.13 Å². The largest absolute Gasteiger partial charge is 0.490 e. The minimum absolute atomic E-state index is 0.0497. The Morgan fingerprint density at radius 3 is 2.83 bits per heavy atom. The van der Waals surface area contributed by atoms with E-state index in [1.165, 1.54) is 33.5 Å². The number of amides is 1. The quantitative estimate of drug-likeness (QED) is 0.266. The minimum Gasteiger partial charge on any atom is -0.490 e. The minimum atomic E-state index is -0.593. The number of aromatic nitrogens is 5. The number of carbonyl (C=O) groups excluding carboxylic acids is 1. The average Bonchev–Trinajstić information content (AvgIpc) is 3.52. The summed E-state index contributed by atoms with van der Waals surface area (Å²) in [4.78, 5) is 29.7. The van der Waals surface area contributed by atoms with E-state index in [2.05, 4.69) is 25.6 Å². The highest BCUT2D eigenvalue weighted by Crippen LogP contribution is 2.30. The van der Waals surface area contributed by atoms with Crippen molar-refractivity contribution in [3.8, 4) is 17.6 Å². The van der Waals surface area contributed by atoms with Crippen LogP contribution in [0, 0.1) is 11.3 Å². The third-order valence-electron chi connectivity index (χ3n) is 4.54. The van der Waals surface area contributed by atoms with Crippen LogP contribution in [-0.4, -0.2) is 37.3 Å². The number of hydrogen-bond donors (Lipinski definition) is 1. The van der Waals surface area contributed by atoms with Crippen molar-refractivity contribution in [3.63, 3.8) is 0 Å². The van der Waals surface area contributed by atoms with Crippen LogP contribution in [0.3, 0.4) is 0 Å². The van der Waals surface area contributed by atoms with Crippen molar-refractivity contribution in [1.82, 2.24) is 24.8 Å². The summed E-state index contributed by atoms with van der Waals surface area (Å²) in [6, 6.07) is 8.30.